The monoisotopic (exact) mass is 647 g/mol. The summed E-state index contributed by atoms with van der Waals surface area (Å²) in [6.45, 7) is 7.70. The summed E-state index contributed by atoms with van der Waals surface area (Å²) in [5, 5.41) is 2.86. The molecule has 0 aliphatic carbocycles. The summed E-state index contributed by atoms with van der Waals surface area (Å²) < 4.78 is 48.5. The van der Waals surface area contributed by atoms with Crippen LogP contribution in [-0.4, -0.2) is 50.9 Å². The highest BCUT2D eigenvalue weighted by atomic mass is 79.9. The van der Waals surface area contributed by atoms with Gasteiger partial charge >= 0.3 is 0 Å². The third-order valence-corrected chi connectivity index (χ3v) is 8.49. The zero-order chi connectivity index (χ0) is 30.2. The number of nitrogens with zero attached hydrogens (tertiary/aromatic N) is 2. The fraction of sp³-hybridized carbons (Fsp3) is 0.333. The minimum atomic E-state index is -4.30. The van der Waals surface area contributed by atoms with Gasteiger partial charge in [-0.3, -0.25) is 13.9 Å². The van der Waals surface area contributed by atoms with E-state index in [4.69, 9.17) is 4.74 Å². The maximum atomic E-state index is 13.9. The molecular formula is C30H35BrFN3O5S. The van der Waals surface area contributed by atoms with Crippen LogP contribution >= 0.6 is 15.9 Å². The standard InChI is InChI=1S/C30H35BrFN3O5S/c1-5-40-27-13-11-26(12-14-27)35(41(38,39)28-15-9-25(32)10-16-28)20-29(36)34(19-23-7-6-8-24(31)17-23)22(4)30(37)33-18-21(2)3/h6-17,21-22H,5,18-20H2,1-4H3,(H,33,37). The predicted molar refractivity (Wildman–Crippen MR) is 161 cm³/mol. The van der Waals surface area contributed by atoms with Gasteiger partial charge in [0.2, 0.25) is 11.8 Å². The smallest absolute Gasteiger partial charge is 0.264 e. The van der Waals surface area contributed by atoms with Crippen molar-refractivity contribution in [2.24, 2.45) is 5.92 Å². The SMILES string of the molecule is CCOc1ccc(N(CC(=O)N(Cc2cccc(Br)c2)C(C)C(=O)NCC(C)C)S(=O)(=O)c2ccc(F)cc2)cc1. The maximum Gasteiger partial charge on any atom is 0.264 e. The Hall–Kier alpha value is -3.44. The average molecular weight is 649 g/mol. The first-order valence-corrected chi connectivity index (χ1v) is 15.5. The average Bonchev–Trinajstić information content (AvgIpc) is 2.93. The lowest BCUT2D eigenvalue weighted by atomic mass is 10.1. The van der Waals surface area contributed by atoms with E-state index in [-0.39, 0.29) is 29.0 Å². The molecule has 0 heterocycles. The summed E-state index contributed by atoms with van der Waals surface area (Å²) in [6, 6.07) is 17.1. The van der Waals surface area contributed by atoms with Crippen LogP contribution in [0.15, 0.2) is 82.2 Å². The van der Waals surface area contributed by atoms with Gasteiger partial charge in [0, 0.05) is 17.6 Å². The summed E-state index contributed by atoms with van der Waals surface area (Å²) in [6.07, 6.45) is 0. The molecule has 11 heteroatoms. The molecule has 3 aromatic rings. The Morgan fingerprint density at radius 2 is 1.66 bits per heavy atom. The van der Waals surface area contributed by atoms with Gasteiger partial charge in [0.15, 0.2) is 0 Å². The zero-order valence-electron chi connectivity index (χ0n) is 23.5. The summed E-state index contributed by atoms with van der Waals surface area (Å²) in [4.78, 5) is 28.2. The summed E-state index contributed by atoms with van der Waals surface area (Å²) in [5.41, 5.74) is 0.968. The molecule has 2 amide bonds. The van der Waals surface area contributed by atoms with Gasteiger partial charge in [-0.05, 0) is 86.0 Å². The number of rotatable bonds is 13. The molecule has 0 aliphatic heterocycles. The Kier molecular flexibility index (Phi) is 11.3. The molecule has 220 valence electrons. The van der Waals surface area contributed by atoms with Crippen LogP contribution in [0.3, 0.4) is 0 Å². The number of hydrogen-bond acceptors (Lipinski definition) is 5. The summed E-state index contributed by atoms with van der Waals surface area (Å²) in [5.74, 6) is -0.785. The maximum absolute atomic E-state index is 13.9. The molecule has 8 nitrogen and oxygen atoms in total. The van der Waals surface area contributed by atoms with Crippen molar-refractivity contribution < 1.29 is 27.1 Å². The Labute approximate surface area is 249 Å². The van der Waals surface area contributed by atoms with E-state index in [1.165, 1.54) is 17.0 Å². The van der Waals surface area contributed by atoms with E-state index in [9.17, 15) is 22.4 Å². The predicted octanol–water partition coefficient (Wildman–Crippen LogP) is 5.37. The van der Waals surface area contributed by atoms with Gasteiger partial charge in [-0.2, -0.15) is 0 Å². The minimum Gasteiger partial charge on any atom is -0.494 e. The minimum absolute atomic E-state index is 0.0717. The van der Waals surface area contributed by atoms with Gasteiger partial charge in [0.1, 0.15) is 24.2 Å². The first-order chi connectivity index (χ1) is 19.4. The highest BCUT2D eigenvalue weighted by molar-refractivity contribution is 9.10. The van der Waals surface area contributed by atoms with E-state index >= 15 is 0 Å². The molecule has 3 rings (SSSR count). The van der Waals surface area contributed by atoms with Gasteiger partial charge < -0.3 is 15.0 Å². The van der Waals surface area contributed by atoms with E-state index in [0.717, 1.165) is 38.6 Å². The van der Waals surface area contributed by atoms with E-state index in [1.807, 2.05) is 45.0 Å². The van der Waals surface area contributed by atoms with E-state index < -0.39 is 34.3 Å². The van der Waals surface area contributed by atoms with Crippen LogP contribution in [0.2, 0.25) is 0 Å². The molecule has 1 atom stereocenters. The van der Waals surface area contributed by atoms with E-state index in [2.05, 4.69) is 21.2 Å². The lowest BCUT2D eigenvalue weighted by Gasteiger charge is -2.32. The zero-order valence-corrected chi connectivity index (χ0v) is 25.9. The van der Waals surface area contributed by atoms with Crippen LogP contribution in [0, 0.1) is 11.7 Å². The third kappa shape index (κ3) is 8.77. The van der Waals surface area contributed by atoms with Crippen molar-refractivity contribution in [1.82, 2.24) is 10.2 Å². The van der Waals surface area contributed by atoms with Crippen molar-refractivity contribution in [2.75, 3.05) is 24.0 Å². The van der Waals surface area contributed by atoms with Gasteiger partial charge in [-0.1, -0.05) is 41.9 Å². The first kappa shape index (κ1) is 32.1. The van der Waals surface area contributed by atoms with Crippen molar-refractivity contribution in [3.63, 3.8) is 0 Å². The van der Waals surface area contributed by atoms with Gasteiger partial charge in [0.25, 0.3) is 10.0 Å². The van der Waals surface area contributed by atoms with Crippen molar-refractivity contribution in [2.45, 2.75) is 45.2 Å². The molecule has 0 aliphatic rings. The quantitative estimate of drug-likeness (QED) is 0.269. The number of hydrogen-bond donors (Lipinski definition) is 1. The topological polar surface area (TPSA) is 96.0 Å². The number of carbonyl (C=O) groups is 2. The number of nitrogens with one attached hydrogen (secondary N) is 1. The van der Waals surface area contributed by atoms with Crippen LogP contribution < -0.4 is 14.4 Å². The molecule has 41 heavy (non-hydrogen) atoms. The van der Waals surface area contributed by atoms with Crippen molar-refractivity contribution in [1.29, 1.82) is 0 Å². The highest BCUT2D eigenvalue weighted by Gasteiger charge is 2.32. The Morgan fingerprint density at radius 3 is 2.24 bits per heavy atom. The lowest BCUT2D eigenvalue weighted by molar-refractivity contribution is -0.139. The van der Waals surface area contributed by atoms with Gasteiger partial charge in [-0.15, -0.1) is 0 Å². The largest absolute Gasteiger partial charge is 0.494 e. The van der Waals surface area contributed by atoms with Crippen LogP contribution in [0.25, 0.3) is 0 Å². The number of halogens is 2. The molecular weight excluding hydrogens is 613 g/mol. The summed E-state index contributed by atoms with van der Waals surface area (Å²) >= 11 is 3.43. The molecule has 3 aromatic carbocycles. The summed E-state index contributed by atoms with van der Waals surface area (Å²) in [7, 11) is -4.30. The molecule has 0 spiro atoms. The fourth-order valence-corrected chi connectivity index (χ4v) is 5.87. The second-order valence-corrected chi connectivity index (χ2v) is 12.6. The molecule has 0 aromatic heterocycles. The Bertz CT molecular complexity index is 1430. The second kappa shape index (κ2) is 14.5. The van der Waals surface area contributed by atoms with Gasteiger partial charge in [-0.25, -0.2) is 12.8 Å². The molecule has 0 fully saturated rings. The number of ether oxygens (including phenoxy) is 1. The number of amides is 2. The molecule has 0 bridgehead atoms. The van der Waals surface area contributed by atoms with Crippen LogP contribution in [0.5, 0.6) is 5.75 Å². The lowest BCUT2D eigenvalue weighted by Crippen LogP contribution is -2.51. The molecule has 1 N–H and O–H groups in total. The normalized spacial score (nSPS) is 12.1. The molecule has 0 saturated heterocycles. The van der Waals surface area contributed by atoms with E-state index in [1.54, 1.807) is 19.1 Å². The van der Waals surface area contributed by atoms with Gasteiger partial charge in [0.05, 0.1) is 17.2 Å². The van der Waals surface area contributed by atoms with Crippen LogP contribution in [0.1, 0.15) is 33.3 Å². The van der Waals surface area contributed by atoms with Crippen LogP contribution in [-0.2, 0) is 26.2 Å². The molecule has 0 radical (unpaired) electrons. The van der Waals surface area contributed by atoms with Crippen LogP contribution in [0.4, 0.5) is 10.1 Å². The van der Waals surface area contributed by atoms with Crippen molar-refractivity contribution in [3.8, 4) is 5.75 Å². The highest BCUT2D eigenvalue weighted by Crippen LogP contribution is 2.27. The number of sulfonamides is 1. The van der Waals surface area contributed by atoms with Crippen molar-refractivity contribution >= 4 is 43.5 Å². The first-order valence-electron chi connectivity index (χ1n) is 13.2. The fourth-order valence-electron chi connectivity index (χ4n) is 4.00. The molecule has 1 unspecified atom stereocenters. The number of anilines is 1. The third-order valence-electron chi connectivity index (χ3n) is 6.21. The Morgan fingerprint density at radius 1 is 1.00 bits per heavy atom. The number of benzene rings is 3. The van der Waals surface area contributed by atoms with Crippen molar-refractivity contribution in [3.05, 3.63) is 88.6 Å². The molecule has 0 saturated carbocycles. The second-order valence-electron chi connectivity index (χ2n) is 9.86. The Balaban J connectivity index is 2.02. The number of carbonyl (C=O) groups excluding carboxylic acids is 2. The van der Waals surface area contributed by atoms with E-state index in [0.29, 0.717) is 18.9 Å².